The molecule has 84 valence electrons. The van der Waals surface area contributed by atoms with Gasteiger partial charge in [0.25, 0.3) is 0 Å². The van der Waals surface area contributed by atoms with Gasteiger partial charge in [0.15, 0.2) is 6.79 Å². The number of rotatable bonds is 7. The molecule has 0 saturated heterocycles. The molecule has 0 aliphatic rings. The fourth-order valence-corrected chi connectivity index (χ4v) is 1.09. The second-order valence-corrected chi connectivity index (χ2v) is 3.22. The first-order chi connectivity index (χ1) is 7.36. The van der Waals surface area contributed by atoms with E-state index < -0.39 is 0 Å². The zero-order valence-corrected chi connectivity index (χ0v) is 9.36. The molecule has 0 aliphatic carbocycles. The Kier molecular flexibility index (Phi) is 5.63. The van der Waals surface area contributed by atoms with E-state index in [1.165, 1.54) is 0 Å². The maximum Gasteiger partial charge on any atom is 0.188 e. The maximum absolute atomic E-state index is 5.52. The fourth-order valence-electron chi connectivity index (χ4n) is 1.09. The summed E-state index contributed by atoms with van der Waals surface area (Å²) < 4.78 is 15.6. The van der Waals surface area contributed by atoms with Crippen molar-refractivity contribution in [1.29, 1.82) is 0 Å². The Bertz CT molecular complexity index is 256. The molecule has 0 fully saturated rings. The molecular formula is C12H18O3. The largest absolute Gasteiger partial charge is 0.494 e. The van der Waals surface area contributed by atoms with Crippen LogP contribution in [0.25, 0.3) is 0 Å². The van der Waals surface area contributed by atoms with Gasteiger partial charge in [0.2, 0.25) is 0 Å². The van der Waals surface area contributed by atoms with E-state index in [9.17, 15) is 0 Å². The van der Waals surface area contributed by atoms with Crippen LogP contribution in [0.1, 0.15) is 19.8 Å². The van der Waals surface area contributed by atoms with Crippen molar-refractivity contribution in [1.82, 2.24) is 0 Å². The second-order valence-electron chi connectivity index (χ2n) is 3.22. The zero-order valence-electron chi connectivity index (χ0n) is 9.36. The van der Waals surface area contributed by atoms with Crippen molar-refractivity contribution in [3.8, 4) is 11.5 Å². The molecule has 0 spiro atoms. The third-order valence-electron chi connectivity index (χ3n) is 1.93. The van der Waals surface area contributed by atoms with Crippen LogP contribution in [0.15, 0.2) is 24.3 Å². The van der Waals surface area contributed by atoms with Gasteiger partial charge in [-0.15, -0.1) is 0 Å². The third kappa shape index (κ3) is 4.70. The lowest BCUT2D eigenvalue weighted by molar-refractivity contribution is 0.0511. The van der Waals surface area contributed by atoms with Crippen molar-refractivity contribution in [3.05, 3.63) is 24.3 Å². The Labute approximate surface area is 91.0 Å². The zero-order chi connectivity index (χ0) is 10.9. The molecule has 1 aromatic carbocycles. The highest BCUT2D eigenvalue weighted by atomic mass is 16.7. The van der Waals surface area contributed by atoms with Gasteiger partial charge in [-0.2, -0.15) is 0 Å². The van der Waals surface area contributed by atoms with E-state index in [1.807, 2.05) is 24.3 Å². The van der Waals surface area contributed by atoms with Gasteiger partial charge in [-0.1, -0.05) is 13.3 Å². The van der Waals surface area contributed by atoms with E-state index in [4.69, 9.17) is 14.2 Å². The summed E-state index contributed by atoms with van der Waals surface area (Å²) in [6, 6.07) is 7.56. The van der Waals surface area contributed by atoms with Crippen molar-refractivity contribution >= 4 is 0 Å². The normalized spacial score (nSPS) is 10.0. The third-order valence-corrected chi connectivity index (χ3v) is 1.93. The molecule has 0 bridgehead atoms. The molecule has 0 saturated carbocycles. The van der Waals surface area contributed by atoms with Crippen LogP contribution in [0, 0.1) is 0 Å². The highest BCUT2D eigenvalue weighted by molar-refractivity contribution is 5.31. The highest BCUT2D eigenvalue weighted by Crippen LogP contribution is 2.17. The van der Waals surface area contributed by atoms with Crippen LogP contribution < -0.4 is 9.47 Å². The molecule has 0 N–H and O–H groups in total. The molecule has 0 aromatic heterocycles. The summed E-state index contributed by atoms with van der Waals surface area (Å²) in [6.07, 6.45) is 2.23. The smallest absolute Gasteiger partial charge is 0.188 e. The highest BCUT2D eigenvalue weighted by Gasteiger charge is 1.95. The molecule has 0 atom stereocenters. The molecule has 1 aromatic rings. The van der Waals surface area contributed by atoms with E-state index >= 15 is 0 Å². The first-order valence-electron chi connectivity index (χ1n) is 5.21. The van der Waals surface area contributed by atoms with Gasteiger partial charge in [0.05, 0.1) is 6.61 Å². The van der Waals surface area contributed by atoms with E-state index in [0.717, 1.165) is 30.9 Å². The lowest BCUT2D eigenvalue weighted by Crippen LogP contribution is -1.99. The van der Waals surface area contributed by atoms with Gasteiger partial charge in [-0.25, -0.2) is 0 Å². The molecule has 15 heavy (non-hydrogen) atoms. The number of methoxy groups -OCH3 is 1. The molecule has 0 radical (unpaired) electrons. The first kappa shape index (κ1) is 11.9. The summed E-state index contributed by atoms with van der Waals surface area (Å²) >= 11 is 0. The minimum atomic E-state index is 0.274. The number of ether oxygens (including phenoxy) is 3. The van der Waals surface area contributed by atoms with Crippen molar-refractivity contribution in [2.45, 2.75) is 19.8 Å². The van der Waals surface area contributed by atoms with Crippen LogP contribution in [-0.2, 0) is 4.74 Å². The predicted molar refractivity (Wildman–Crippen MR) is 59.3 cm³/mol. The molecule has 3 nitrogen and oxygen atoms in total. The van der Waals surface area contributed by atoms with Crippen LogP contribution >= 0.6 is 0 Å². The number of benzene rings is 1. The first-order valence-corrected chi connectivity index (χ1v) is 5.21. The molecule has 1 rings (SSSR count). The predicted octanol–water partition coefficient (Wildman–Crippen LogP) is 2.85. The topological polar surface area (TPSA) is 27.7 Å². The van der Waals surface area contributed by atoms with Gasteiger partial charge < -0.3 is 14.2 Å². The number of hydrogen-bond donors (Lipinski definition) is 0. The van der Waals surface area contributed by atoms with Gasteiger partial charge in [0, 0.05) is 7.11 Å². The molecule has 0 unspecified atom stereocenters. The minimum absolute atomic E-state index is 0.274. The van der Waals surface area contributed by atoms with Crippen molar-refractivity contribution in [2.24, 2.45) is 0 Å². The Morgan fingerprint density at radius 2 is 1.60 bits per heavy atom. The van der Waals surface area contributed by atoms with E-state index in [1.54, 1.807) is 7.11 Å². The van der Waals surface area contributed by atoms with Crippen LogP contribution in [0.3, 0.4) is 0 Å². The van der Waals surface area contributed by atoms with Crippen molar-refractivity contribution in [3.63, 3.8) is 0 Å². The Hall–Kier alpha value is -1.22. The lowest BCUT2D eigenvalue weighted by atomic mass is 10.3. The SMILES string of the molecule is CCCCOc1ccc(OCOC)cc1. The van der Waals surface area contributed by atoms with Crippen LogP contribution in [0.4, 0.5) is 0 Å². The van der Waals surface area contributed by atoms with Crippen molar-refractivity contribution < 1.29 is 14.2 Å². The Morgan fingerprint density at radius 1 is 1.00 bits per heavy atom. The molecule has 3 heteroatoms. The summed E-state index contributed by atoms with van der Waals surface area (Å²) in [4.78, 5) is 0. The quantitative estimate of drug-likeness (QED) is 0.511. The summed E-state index contributed by atoms with van der Waals surface area (Å²) in [6.45, 7) is 3.19. The molecule has 0 heterocycles. The average molecular weight is 210 g/mol. The molecule has 0 aliphatic heterocycles. The summed E-state index contributed by atoms with van der Waals surface area (Å²) in [5.41, 5.74) is 0. The number of unbranched alkanes of at least 4 members (excludes halogenated alkanes) is 1. The van der Waals surface area contributed by atoms with Gasteiger partial charge in [0.1, 0.15) is 11.5 Å². The second kappa shape index (κ2) is 7.12. The van der Waals surface area contributed by atoms with Gasteiger partial charge in [-0.3, -0.25) is 0 Å². The van der Waals surface area contributed by atoms with Crippen molar-refractivity contribution in [2.75, 3.05) is 20.5 Å². The average Bonchev–Trinajstić information content (AvgIpc) is 2.28. The standard InChI is InChI=1S/C12H18O3/c1-3-4-9-14-11-5-7-12(8-6-11)15-10-13-2/h5-8H,3-4,9-10H2,1-2H3. The minimum Gasteiger partial charge on any atom is -0.494 e. The van der Waals surface area contributed by atoms with Crippen LogP contribution in [-0.4, -0.2) is 20.5 Å². The summed E-state index contributed by atoms with van der Waals surface area (Å²) in [5.74, 6) is 1.67. The van der Waals surface area contributed by atoms with Gasteiger partial charge >= 0.3 is 0 Å². The molecule has 0 amide bonds. The Morgan fingerprint density at radius 3 is 2.13 bits per heavy atom. The summed E-state index contributed by atoms with van der Waals surface area (Å²) in [5, 5.41) is 0. The van der Waals surface area contributed by atoms with E-state index in [-0.39, 0.29) is 6.79 Å². The lowest BCUT2D eigenvalue weighted by Gasteiger charge is -2.07. The van der Waals surface area contributed by atoms with Gasteiger partial charge in [-0.05, 0) is 30.7 Å². The Balaban J connectivity index is 2.35. The molecular weight excluding hydrogens is 192 g/mol. The van der Waals surface area contributed by atoms with Crippen LogP contribution in [0.2, 0.25) is 0 Å². The fraction of sp³-hybridized carbons (Fsp3) is 0.500. The maximum atomic E-state index is 5.52. The number of hydrogen-bond acceptors (Lipinski definition) is 3. The van der Waals surface area contributed by atoms with E-state index in [0.29, 0.717) is 0 Å². The van der Waals surface area contributed by atoms with Crippen LogP contribution in [0.5, 0.6) is 11.5 Å². The summed E-state index contributed by atoms with van der Waals surface area (Å²) in [7, 11) is 1.60. The monoisotopic (exact) mass is 210 g/mol. The van der Waals surface area contributed by atoms with E-state index in [2.05, 4.69) is 6.92 Å².